The number of guanidine groups is 1. The molecule has 2 heterocycles. The van der Waals surface area contributed by atoms with Crippen LogP contribution in [0.1, 0.15) is 30.5 Å². The Kier molecular flexibility index (Phi) is 8.33. The van der Waals surface area contributed by atoms with Crippen LogP contribution in [-0.4, -0.2) is 35.7 Å². The summed E-state index contributed by atoms with van der Waals surface area (Å²) in [5.74, 6) is 0.726. The van der Waals surface area contributed by atoms with Gasteiger partial charge in [0.2, 0.25) is 0 Å². The van der Waals surface area contributed by atoms with Crippen molar-refractivity contribution in [1.29, 1.82) is 0 Å². The number of nitrogens with one attached hydrogen (secondary N) is 3. The Balaban J connectivity index is 0.00000280. The largest absolute Gasteiger partial charge is 0.383 e. The van der Waals surface area contributed by atoms with Crippen LogP contribution in [0.5, 0.6) is 0 Å². The number of aromatic amines is 1. The summed E-state index contributed by atoms with van der Waals surface area (Å²) in [5, 5.41) is 22.5. The molecule has 0 saturated carbocycles. The Morgan fingerprint density at radius 3 is 2.82 bits per heavy atom. The van der Waals surface area contributed by atoms with Crippen LogP contribution in [-0.2, 0) is 12.0 Å². The Morgan fingerprint density at radius 2 is 2.11 bits per heavy atom. The van der Waals surface area contributed by atoms with E-state index in [2.05, 4.69) is 51.9 Å². The molecule has 0 fully saturated rings. The van der Waals surface area contributed by atoms with Gasteiger partial charge in [-0.2, -0.15) is 11.3 Å². The van der Waals surface area contributed by atoms with Gasteiger partial charge in [0.05, 0.1) is 6.54 Å². The van der Waals surface area contributed by atoms with Gasteiger partial charge in [0.25, 0.3) is 0 Å². The van der Waals surface area contributed by atoms with Crippen LogP contribution in [0.25, 0.3) is 10.9 Å². The van der Waals surface area contributed by atoms with E-state index in [4.69, 9.17) is 0 Å². The number of rotatable bonds is 7. The van der Waals surface area contributed by atoms with Gasteiger partial charge in [-0.1, -0.05) is 12.1 Å². The van der Waals surface area contributed by atoms with E-state index >= 15 is 0 Å². The van der Waals surface area contributed by atoms with E-state index in [9.17, 15) is 5.11 Å². The van der Waals surface area contributed by atoms with Crippen LogP contribution in [0.15, 0.2) is 46.2 Å². The van der Waals surface area contributed by atoms with Crippen molar-refractivity contribution in [3.05, 3.63) is 57.9 Å². The molecule has 0 spiro atoms. The topological polar surface area (TPSA) is 72.4 Å². The molecule has 4 N–H and O–H groups in total. The van der Waals surface area contributed by atoms with Crippen LogP contribution in [0, 0.1) is 6.92 Å². The SMILES string of the molecule is CCNC(=NCC(C)(O)c1ccsc1)NCCc1c[nH]c2cc(C)ccc12.I. The van der Waals surface area contributed by atoms with Gasteiger partial charge in [-0.05, 0) is 66.8 Å². The van der Waals surface area contributed by atoms with E-state index in [1.807, 2.05) is 23.8 Å². The molecule has 0 amide bonds. The number of hydrogen-bond acceptors (Lipinski definition) is 3. The fourth-order valence-corrected chi connectivity index (χ4v) is 3.84. The number of halogens is 1. The zero-order valence-electron chi connectivity index (χ0n) is 16.6. The standard InChI is InChI=1S/C21H28N4OS.HI/c1-4-22-20(25-14-21(3,26)17-8-10-27-13-17)23-9-7-16-12-24-19-11-15(2)5-6-18(16)19;/h5-6,8,10-13,24,26H,4,7,9,14H2,1-3H3,(H2,22,23,25);1H. The minimum atomic E-state index is -0.961. The molecular formula is C21H29IN4OS. The van der Waals surface area contributed by atoms with Gasteiger partial charge in [-0.15, -0.1) is 24.0 Å². The van der Waals surface area contributed by atoms with Gasteiger partial charge in [-0.3, -0.25) is 0 Å². The second-order valence-electron chi connectivity index (χ2n) is 7.02. The number of aliphatic imine (C=N–C) groups is 1. The summed E-state index contributed by atoms with van der Waals surface area (Å²) in [5.41, 5.74) is 3.67. The Hall–Kier alpha value is -1.58. The summed E-state index contributed by atoms with van der Waals surface area (Å²) in [6, 6.07) is 8.43. The summed E-state index contributed by atoms with van der Waals surface area (Å²) in [7, 11) is 0. The normalized spacial score (nSPS) is 13.8. The molecule has 0 aliphatic heterocycles. The maximum absolute atomic E-state index is 10.6. The average molecular weight is 512 g/mol. The van der Waals surface area contributed by atoms with Gasteiger partial charge in [-0.25, -0.2) is 4.99 Å². The third kappa shape index (κ3) is 5.71. The Bertz CT molecular complexity index is 902. The summed E-state index contributed by atoms with van der Waals surface area (Å²) < 4.78 is 0. The summed E-state index contributed by atoms with van der Waals surface area (Å²) >= 11 is 1.58. The smallest absolute Gasteiger partial charge is 0.191 e. The van der Waals surface area contributed by atoms with E-state index in [1.54, 1.807) is 18.3 Å². The van der Waals surface area contributed by atoms with Gasteiger partial charge in [0, 0.05) is 30.2 Å². The Labute approximate surface area is 187 Å². The van der Waals surface area contributed by atoms with E-state index in [0.29, 0.717) is 6.54 Å². The van der Waals surface area contributed by atoms with Crippen molar-refractivity contribution in [3.8, 4) is 0 Å². The zero-order chi connectivity index (χ0) is 19.3. The van der Waals surface area contributed by atoms with E-state index in [0.717, 1.165) is 31.0 Å². The molecule has 0 radical (unpaired) electrons. The van der Waals surface area contributed by atoms with Crippen molar-refractivity contribution in [2.24, 2.45) is 4.99 Å². The molecule has 1 atom stereocenters. The maximum Gasteiger partial charge on any atom is 0.191 e. The highest BCUT2D eigenvalue weighted by Gasteiger charge is 2.23. The predicted molar refractivity (Wildman–Crippen MR) is 130 cm³/mol. The first-order chi connectivity index (χ1) is 13.0. The minimum absolute atomic E-state index is 0. The summed E-state index contributed by atoms with van der Waals surface area (Å²) in [6.45, 7) is 7.80. The van der Waals surface area contributed by atoms with Crippen LogP contribution in [0.2, 0.25) is 0 Å². The number of nitrogens with zero attached hydrogens (tertiary/aromatic N) is 1. The summed E-state index contributed by atoms with van der Waals surface area (Å²) in [6.07, 6.45) is 2.98. The van der Waals surface area contributed by atoms with Gasteiger partial charge in [0.15, 0.2) is 5.96 Å². The van der Waals surface area contributed by atoms with E-state index in [1.165, 1.54) is 22.0 Å². The van der Waals surface area contributed by atoms with Crippen molar-refractivity contribution in [2.75, 3.05) is 19.6 Å². The number of aliphatic hydroxyl groups is 1. The highest BCUT2D eigenvalue weighted by atomic mass is 127. The van der Waals surface area contributed by atoms with Crippen LogP contribution >= 0.6 is 35.3 Å². The molecule has 0 saturated heterocycles. The lowest BCUT2D eigenvalue weighted by molar-refractivity contribution is 0.0677. The van der Waals surface area contributed by atoms with Gasteiger partial charge in [0.1, 0.15) is 5.60 Å². The van der Waals surface area contributed by atoms with Crippen molar-refractivity contribution in [3.63, 3.8) is 0 Å². The number of fused-ring (bicyclic) bond motifs is 1. The second-order valence-corrected chi connectivity index (χ2v) is 7.80. The fourth-order valence-electron chi connectivity index (χ4n) is 3.06. The first kappa shape index (κ1) is 22.7. The molecule has 2 aromatic heterocycles. The van der Waals surface area contributed by atoms with Gasteiger partial charge < -0.3 is 20.7 Å². The lowest BCUT2D eigenvalue weighted by atomic mass is 10.00. The monoisotopic (exact) mass is 512 g/mol. The highest BCUT2D eigenvalue weighted by Crippen LogP contribution is 2.23. The van der Waals surface area contributed by atoms with E-state index < -0.39 is 5.60 Å². The predicted octanol–water partition coefficient (Wildman–Crippen LogP) is 4.16. The zero-order valence-corrected chi connectivity index (χ0v) is 19.7. The third-order valence-corrected chi connectivity index (χ3v) is 5.33. The molecule has 28 heavy (non-hydrogen) atoms. The fraction of sp³-hybridized carbons (Fsp3) is 0.381. The Morgan fingerprint density at radius 1 is 1.29 bits per heavy atom. The molecular weight excluding hydrogens is 483 g/mol. The molecule has 3 aromatic rings. The number of hydrogen-bond donors (Lipinski definition) is 4. The highest BCUT2D eigenvalue weighted by molar-refractivity contribution is 14.0. The molecule has 5 nitrogen and oxygen atoms in total. The lowest BCUT2D eigenvalue weighted by Gasteiger charge is -2.21. The molecule has 152 valence electrons. The van der Waals surface area contributed by atoms with Crippen molar-refractivity contribution in [1.82, 2.24) is 15.6 Å². The number of aryl methyl sites for hydroxylation is 1. The number of benzene rings is 1. The van der Waals surface area contributed by atoms with Crippen LogP contribution in [0.3, 0.4) is 0 Å². The molecule has 7 heteroatoms. The van der Waals surface area contributed by atoms with E-state index in [-0.39, 0.29) is 24.0 Å². The first-order valence-corrected chi connectivity index (χ1v) is 10.3. The average Bonchev–Trinajstić information content (AvgIpc) is 3.30. The van der Waals surface area contributed by atoms with Crippen molar-refractivity contribution in [2.45, 2.75) is 32.8 Å². The lowest BCUT2D eigenvalue weighted by Crippen LogP contribution is -2.39. The molecule has 1 aromatic carbocycles. The number of H-pyrrole nitrogens is 1. The molecule has 1 unspecified atom stereocenters. The quantitative estimate of drug-likeness (QED) is 0.218. The molecule has 3 rings (SSSR count). The molecule has 0 bridgehead atoms. The maximum atomic E-state index is 10.6. The minimum Gasteiger partial charge on any atom is -0.383 e. The first-order valence-electron chi connectivity index (χ1n) is 9.33. The number of thiophene rings is 1. The van der Waals surface area contributed by atoms with Crippen LogP contribution < -0.4 is 10.6 Å². The third-order valence-electron chi connectivity index (χ3n) is 4.64. The second kappa shape index (κ2) is 10.3. The van der Waals surface area contributed by atoms with Crippen molar-refractivity contribution < 1.29 is 5.11 Å². The van der Waals surface area contributed by atoms with Gasteiger partial charge >= 0.3 is 0 Å². The summed E-state index contributed by atoms with van der Waals surface area (Å²) in [4.78, 5) is 7.92. The van der Waals surface area contributed by atoms with Crippen LogP contribution in [0.4, 0.5) is 0 Å². The van der Waals surface area contributed by atoms with Crippen molar-refractivity contribution >= 4 is 52.2 Å². The molecule has 0 aliphatic carbocycles. The number of aromatic nitrogens is 1. The molecule has 0 aliphatic rings.